The molecule has 1 aromatic carbocycles. The van der Waals surface area contributed by atoms with Crippen molar-refractivity contribution < 1.29 is 18.3 Å². The topological polar surface area (TPSA) is 74.8 Å². The lowest BCUT2D eigenvalue weighted by molar-refractivity contribution is -0.0504. The predicted molar refractivity (Wildman–Crippen MR) is 112 cm³/mol. The fourth-order valence-electron chi connectivity index (χ4n) is 2.54. The zero-order chi connectivity index (χ0) is 21.1. The fourth-order valence-corrected chi connectivity index (χ4v) is 3.18. The van der Waals surface area contributed by atoms with E-state index in [1.165, 1.54) is 17.4 Å². The molecule has 29 heavy (non-hydrogen) atoms. The molecule has 9 heteroatoms. The van der Waals surface area contributed by atoms with Crippen LogP contribution in [0.1, 0.15) is 34.1 Å². The molecule has 0 saturated carbocycles. The monoisotopic (exact) mass is 424 g/mol. The highest BCUT2D eigenvalue weighted by molar-refractivity contribution is 7.12. The zero-order valence-electron chi connectivity index (χ0n) is 16.5. The normalized spacial score (nSPS) is 11.4. The number of benzene rings is 1. The minimum Gasteiger partial charge on any atom is -0.434 e. The molecule has 0 unspecified atom stereocenters. The first-order valence-corrected chi connectivity index (χ1v) is 10.3. The Balaban J connectivity index is 1.85. The number of alkyl halides is 2. The van der Waals surface area contributed by atoms with Crippen LogP contribution in [0.4, 0.5) is 8.78 Å². The summed E-state index contributed by atoms with van der Waals surface area (Å²) in [6.07, 6.45) is 0.714. The summed E-state index contributed by atoms with van der Waals surface area (Å²) in [6.45, 7) is 2.95. The van der Waals surface area contributed by atoms with Crippen LogP contribution in [-0.2, 0) is 6.54 Å². The van der Waals surface area contributed by atoms with Crippen LogP contribution >= 0.6 is 11.3 Å². The van der Waals surface area contributed by atoms with E-state index in [0.29, 0.717) is 42.5 Å². The number of amides is 1. The predicted octanol–water partition coefficient (Wildman–Crippen LogP) is 3.53. The van der Waals surface area contributed by atoms with Gasteiger partial charge in [0.25, 0.3) is 5.91 Å². The Morgan fingerprint density at radius 1 is 1.21 bits per heavy atom. The Labute approximate surface area is 173 Å². The molecule has 0 fully saturated rings. The highest BCUT2D eigenvalue weighted by Gasteiger charge is 2.10. The van der Waals surface area contributed by atoms with Gasteiger partial charge in [-0.25, -0.2) is 4.99 Å². The van der Waals surface area contributed by atoms with E-state index in [4.69, 9.17) is 0 Å². The standard InChI is InChI=1S/C20H26F2N4O2S/c1-3-23-20(25-10-5-9-24-18(27)17-6-4-11-29-17)26-13-15-12-14(2)7-8-16(15)28-19(21)22/h4,6-8,11-12,19H,3,5,9-10,13H2,1-2H3,(H,24,27)(H2,23,25,26). The zero-order valence-corrected chi connectivity index (χ0v) is 17.3. The summed E-state index contributed by atoms with van der Waals surface area (Å²) in [7, 11) is 0. The van der Waals surface area contributed by atoms with Gasteiger partial charge in [-0.3, -0.25) is 4.79 Å². The molecule has 1 aromatic heterocycles. The smallest absolute Gasteiger partial charge is 0.387 e. The van der Waals surface area contributed by atoms with Gasteiger partial charge in [0.15, 0.2) is 5.96 Å². The summed E-state index contributed by atoms with van der Waals surface area (Å²) < 4.78 is 29.8. The highest BCUT2D eigenvalue weighted by Crippen LogP contribution is 2.22. The van der Waals surface area contributed by atoms with Crippen molar-refractivity contribution in [3.63, 3.8) is 0 Å². The average molecular weight is 425 g/mol. The van der Waals surface area contributed by atoms with Crippen LogP contribution in [0.5, 0.6) is 5.75 Å². The van der Waals surface area contributed by atoms with Crippen molar-refractivity contribution in [2.45, 2.75) is 33.4 Å². The number of halogens is 2. The van der Waals surface area contributed by atoms with Crippen molar-refractivity contribution in [1.29, 1.82) is 0 Å². The molecule has 2 rings (SSSR count). The van der Waals surface area contributed by atoms with Gasteiger partial charge in [0.1, 0.15) is 5.75 Å². The summed E-state index contributed by atoms with van der Waals surface area (Å²) in [6, 6.07) is 8.66. The number of hydrogen-bond donors (Lipinski definition) is 3. The molecule has 2 aromatic rings. The summed E-state index contributed by atoms with van der Waals surface area (Å²) in [5, 5.41) is 11.0. The molecule has 0 aliphatic carbocycles. The van der Waals surface area contributed by atoms with Gasteiger partial charge in [-0.05, 0) is 37.8 Å². The Bertz CT molecular complexity index is 798. The quantitative estimate of drug-likeness (QED) is 0.310. The molecule has 0 saturated heterocycles. The third kappa shape index (κ3) is 8.06. The molecule has 0 atom stereocenters. The van der Waals surface area contributed by atoms with Crippen molar-refractivity contribution in [1.82, 2.24) is 16.0 Å². The molecule has 0 bridgehead atoms. The lowest BCUT2D eigenvalue weighted by atomic mass is 10.1. The highest BCUT2D eigenvalue weighted by atomic mass is 32.1. The summed E-state index contributed by atoms with van der Waals surface area (Å²) >= 11 is 1.40. The Hall–Kier alpha value is -2.68. The number of aryl methyl sites for hydroxylation is 1. The van der Waals surface area contributed by atoms with E-state index < -0.39 is 6.61 Å². The van der Waals surface area contributed by atoms with Crippen molar-refractivity contribution in [3.05, 3.63) is 51.7 Å². The van der Waals surface area contributed by atoms with E-state index in [9.17, 15) is 13.6 Å². The fraction of sp³-hybridized carbons (Fsp3) is 0.400. The van der Waals surface area contributed by atoms with Crippen LogP contribution in [0, 0.1) is 6.92 Å². The lowest BCUT2D eigenvalue weighted by Crippen LogP contribution is -2.38. The molecular weight excluding hydrogens is 398 g/mol. The minimum absolute atomic E-state index is 0.0772. The third-order valence-electron chi connectivity index (χ3n) is 3.86. The number of carbonyl (C=O) groups is 1. The molecule has 3 N–H and O–H groups in total. The van der Waals surface area contributed by atoms with Crippen molar-refractivity contribution >= 4 is 23.2 Å². The molecule has 0 aliphatic rings. The number of rotatable bonds is 10. The van der Waals surface area contributed by atoms with Crippen LogP contribution in [0.3, 0.4) is 0 Å². The number of nitrogens with zero attached hydrogens (tertiary/aromatic N) is 1. The summed E-state index contributed by atoms with van der Waals surface area (Å²) in [5.74, 6) is 0.620. The molecule has 1 amide bonds. The summed E-state index contributed by atoms with van der Waals surface area (Å²) in [4.78, 5) is 17.0. The number of ether oxygens (including phenoxy) is 1. The van der Waals surface area contributed by atoms with Crippen molar-refractivity contribution in [2.75, 3.05) is 19.6 Å². The molecule has 0 aliphatic heterocycles. The van der Waals surface area contributed by atoms with Gasteiger partial charge >= 0.3 is 6.61 Å². The van der Waals surface area contributed by atoms with Crippen LogP contribution < -0.4 is 20.7 Å². The molecule has 1 heterocycles. The van der Waals surface area contributed by atoms with E-state index >= 15 is 0 Å². The van der Waals surface area contributed by atoms with Gasteiger partial charge < -0.3 is 20.7 Å². The number of thiophene rings is 1. The van der Waals surface area contributed by atoms with Gasteiger partial charge in [-0.2, -0.15) is 8.78 Å². The first kappa shape index (κ1) is 22.6. The van der Waals surface area contributed by atoms with Crippen LogP contribution in [0.25, 0.3) is 0 Å². The number of nitrogens with one attached hydrogen (secondary N) is 3. The molecule has 158 valence electrons. The first-order valence-electron chi connectivity index (χ1n) is 9.37. The van der Waals surface area contributed by atoms with Crippen LogP contribution in [0.2, 0.25) is 0 Å². The van der Waals surface area contributed by atoms with E-state index in [1.807, 2.05) is 25.3 Å². The Morgan fingerprint density at radius 2 is 2.00 bits per heavy atom. The largest absolute Gasteiger partial charge is 0.434 e. The molecule has 0 spiro atoms. The SMILES string of the molecule is CCNC(=NCc1cc(C)ccc1OC(F)F)NCCCNC(=O)c1cccs1. The number of guanidine groups is 1. The number of hydrogen-bond acceptors (Lipinski definition) is 4. The maximum atomic E-state index is 12.6. The van der Waals surface area contributed by atoms with Gasteiger partial charge in [0.05, 0.1) is 11.4 Å². The summed E-state index contributed by atoms with van der Waals surface area (Å²) in [5.41, 5.74) is 1.53. The average Bonchev–Trinajstić information content (AvgIpc) is 3.22. The maximum absolute atomic E-state index is 12.6. The third-order valence-corrected chi connectivity index (χ3v) is 4.73. The second kappa shape index (κ2) is 12.0. The Morgan fingerprint density at radius 3 is 2.69 bits per heavy atom. The van der Waals surface area contributed by atoms with Crippen LogP contribution in [0.15, 0.2) is 40.7 Å². The van der Waals surface area contributed by atoms with Gasteiger partial charge in [0.2, 0.25) is 0 Å². The van der Waals surface area contributed by atoms with E-state index in [-0.39, 0.29) is 18.2 Å². The second-order valence-electron chi connectivity index (χ2n) is 6.20. The maximum Gasteiger partial charge on any atom is 0.387 e. The van der Waals surface area contributed by atoms with E-state index in [1.54, 1.807) is 18.2 Å². The van der Waals surface area contributed by atoms with Crippen molar-refractivity contribution in [3.8, 4) is 5.75 Å². The van der Waals surface area contributed by atoms with Gasteiger partial charge in [-0.15, -0.1) is 11.3 Å². The first-order chi connectivity index (χ1) is 14.0. The second-order valence-corrected chi connectivity index (χ2v) is 7.15. The lowest BCUT2D eigenvalue weighted by Gasteiger charge is -2.13. The number of aliphatic imine (C=N–C) groups is 1. The number of carbonyl (C=O) groups excluding carboxylic acids is 1. The molecular formula is C20H26F2N4O2S. The van der Waals surface area contributed by atoms with E-state index in [0.717, 1.165) is 5.56 Å². The minimum atomic E-state index is -2.88. The molecule has 6 nitrogen and oxygen atoms in total. The van der Waals surface area contributed by atoms with E-state index in [2.05, 4.69) is 25.7 Å². The van der Waals surface area contributed by atoms with Crippen LogP contribution in [-0.4, -0.2) is 38.1 Å². The van der Waals surface area contributed by atoms with Gasteiger partial charge in [0, 0.05) is 25.2 Å². The Kier molecular flexibility index (Phi) is 9.36. The van der Waals surface area contributed by atoms with Gasteiger partial charge in [-0.1, -0.05) is 23.8 Å². The van der Waals surface area contributed by atoms with Crippen molar-refractivity contribution in [2.24, 2.45) is 4.99 Å². The molecule has 0 radical (unpaired) electrons.